The maximum atomic E-state index is 12.7. The van der Waals surface area contributed by atoms with Gasteiger partial charge < -0.3 is 15.4 Å². The van der Waals surface area contributed by atoms with Gasteiger partial charge in [-0.1, -0.05) is 13.8 Å². The largest absolute Gasteiger partial charge is 0.397 e. The van der Waals surface area contributed by atoms with E-state index in [0.29, 0.717) is 0 Å². The van der Waals surface area contributed by atoms with Crippen LogP contribution in [0.5, 0.6) is 0 Å². The third-order valence-corrected chi connectivity index (χ3v) is 4.41. The number of rotatable bonds is 5. The number of fused-ring (bicyclic) bond motifs is 1. The first-order chi connectivity index (χ1) is 11.2. The summed E-state index contributed by atoms with van der Waals surface area (Å²) < 4.78 is 9.16. The molecular formula is C17H26N4O2. The van der Waals surface area contributed by atoms with Gasteiger partial charge in [-0.3, -0.25) is 9.13 Å². The third-order valence-electron chi connectivity index (χ3n) is 4.41. The number of anilines is 2. The molecule has 126 valence electrons. The van der Waals surface area contributed by atoms with Crippen molar-refractivity contribution in [3.63, 3.8) is 0 Å². The van der Waals surface area contributed by atoms with Gasteiger partial charge in [-0.05, 0) is 25.0 Å². The number of ether oxygens (including phenoxy) is 1. The molecular weight excluding hydrogens is 292 g/mol. The number of imidazole rings is 1. The average Bonchev–Trinajstić information content (AvgIpc) is 2.81. The lowest BCUT2D eigenvalue weighted by molar-refractivity contribution is 0.123. The lowest BCUT2D eigenvalue weighted by Crippen LogP contribution is -2.36. The number of aromatic nitrogens is 2. The predicted molar refractivity (Wildman–Crippen MR) is 94.2 cm³/mol. The van der Waals surface area contributed by atoms with Crippen LogP contribution in [0.25, 0.3) is 11.0 Å². The van der Waals surface area contributed by atoms with Gasteiger partial charge in [0.1, 0.15) is 0 Å². The zero-order valence-corrected chi connectivity index (χ0v) is 14.0. The van der Waals surface area contributed by atoms with E-state index in [9.17, 15) is 4.79 Å². The highest BCUT2D eigenvalue weighted by molar-refractivity contribution is 5.88. The molecule has 0 unspecified atom stereocenters. The van der Waals surface area contributed by atoms with Crippen LogP contribution >= 0.6 is 0 Å². The Hall–Kier alpha value is -1.95. The van der Waals surface area contributed by atoms with E-state index in [4.69, 9.17) is 10.5 Å². The summed E-state index contributed by atoms with van der Waals surface area (Å²) in [5.41, 5.74) is 10.1. The summed E-state index contributed by atoms with van der Waals surface area (Å²) in [5, 5.41) is 0. The number of nitrogens with two attached hydrogens (primary N) is 1. The molecule has 0 bridgehead atoms. The highest BCUT2D eigenvalue weighted by Gasteiger charge is 2.19. The van der Waals surface area contributed by atoms with E-state index in [1.807, 2.05) is 15.2 Å². The first-order valence-electron chi connectivity index (χ1n) is 8.52. The molecule has 2 aromatic rings. The van der Waals surface area contributed by atoms with Gasteiger partial charge in [0.15, 0.2) is 0 Å². The van der Waals surface area contributed by atoms with Crippen molar-refractivity contribution in [2.75, 3.05) is 36.9 Å². The van der Waals surface area contributed by atoms with Crippen molar-refractivity contribution in [3.8, 4) is 0 Å². The van der Waals surface area contributed by atoms with Gasteiger partial charge in [0.25, 0.3) is 0 Å². The molecule has 0 radical (unpaired) electrons. The Morgan fingerprint density at radius 2 is 1.61 bits per heavy atom. The van der Waals surface area contributed by atoms with Crippen molar-refractivity contribution in [2.45, 2.75) is 39.8 Å². The quantitative estimate of drug-likeness (QED) is 0.857. The van der Waals surface area contributed by atoms with Crippen LogP contribution in [-0.4, -0.2) is 35.4 Å². The Morgan fingerprint density at radius 3 is 2.17 bits per heavy atom. The first-order valence-corrected chi connectivity index (χ1v) is 8.52. The second kappa shape index (κ2) is 6.66. The van der Waals surface area contributed by atoms with Crippen molar-refractivity contribution in [1.82, 2.24) is 9.13 Å². The zero-order chi connectivity index (χ0) is 16.4. The molecule has 23 heavy (non-hydrogen) atoms. The van der Waals surface area contributed by atoms with Gasteiger partial charge in [0, 0.05) is 26.2 Å². The number of nitrogens with zero attached hydrogens (tertiary/aromatic N) is 3. The van der Waals surface area contributed by atoms with Crippen LogP contribution in [-0.2, 0) is 17.8 Å². The summed E-state index contributed by atoms with van der Waals surface area (Å²) in [5.74, 6) is 0. The number of morpholine rings is 1. The maximum Gasteiger partial charge on any atom is 0.329 e. The molecule has 0 saturated carbocycles. The number of hydrogen-bond donors (Lipinski definition) is 1. The monoisotopic (exact) mass is 318 g/mol. The Bertz CT molecular complexity index is 741. The van der Waals surface area contributed by atoms with E-state index >= 15 is 0 Å². The van der Waals surface area contributed by atoms with Gasteiger partial charge >= 0.3 is 5.69 Å². The summed E-state index contributed by atoms with van der Waals surface area (Å²) in [7, 11) is 0. The highest BCUT2D eigenvalue weighted by Crippen LogP contribution is 2.30. The van der Waals surface area contributed by atoms with E-state index in [2.05, 4.69) is 24.8 Å². The smallest absolute Gasteiger partial charge is 0.329 e. The van der Waals surface area contributed by atoms with Crippen LogP contribution in [0.1, 0.15) is 26.7 Å². The van der Waals surface area contributed by atoms with Gasteiger partial charge in [-0.2, -0.15) is 0 Å². The Morgan fingerprint density at radius 1 is 1.04 bits per heavy atom. The predicted octanol–water partition coefficient (Wildman–Crippen LogP) is 2.04. The number of nitrogen functional groups attached to an aromatic ring is 1. The molecule has 3 rings (SSSR count). The molecule has 0 spiro atoms. The average molecular weight is 318 g/mol. The van der Waals surface area contributed by atoms with Gasteiger partial charge in [-0.25, -0.2) is 4.79 Å². The summed E-state index contributed by atoms with van der Waals surface area (Å²) in [4.78, 5) is 15.0. The fourth-order valence-corrected chi connectivity index (χ4v) is 3.32. The number of benzene rings is 1. The van der Waals surface area contributed by atoms with E-state index in [-0.39, 0.29) is 5.69 Å². The van der Waals surface area contributed by atoms with Crippen LogP contribution in [0.15, 0.2) is 16.9 Å². The molecule has 1 aromatic heterocycles. The van der Waals surface area contributed by atoms with E-state index in [0.717, 1.165) is 74.6 Å². The molecule has 1 fully saturated rings. The third kappa shape index (κ3) is 2.83. The molecule has 2 N–H and O–H groups in total. The fourth-order valence-electron chi connectivity index (χ4n) is 3.32. The van der Waals surface area contributed by atoms with E-state index < -0.39 is 0 Å². The minimum atomic E-state index is 0.0715. The summed E-state index contributed by atoms with van der Waals surface area (Å²) >= 11 is 0. The van der Waals surface area contributed by atoms with Crippen LogP contribution < -0.4 is 16.3 Å². The summed E-state index contributed by atoms with van der Waals surface area (Å²) in [6.07, 6.45) is 1.86. The van der Waals surface area contributed by atoms with Crippen LogP contribution in [0.3, 0.4) is 0 Å². The molecule has 0 aliphatic carbocycles. The lowest BCUT2D eigenvalue weighted by atomic mass is 10.2. The van der Waals surface area contributed by atoms with Crippen LogP contribution in [0, 0.1) is 0 Å². The molecule has 0 atom stereocenters. The summed E-state index contributed by atoms with van der Waals surface area (Å²) in [6, 6.07) is 4.04. The van der Waals surface area contributed by atoms with Gasteiger partial charge in [-0.15, -0.1) is 0 Å². The summed E-state index contributed by atoms with van der Waals surface area (Å²) in [6.45, 7) is 8.75. The SMILES string of the molecule is CCCn1c(=O)n(CCC)c2cc(N3CCOCC3)c(N)cc21. The van der Waals surface area contributed by atoms with Crippen molar-refractivity contribution in [2.24, 2.45) is 0 Å². The zero-order valence-electron chi connectivity index (χ0n) is 14.0. The van der Waals surface area contributed by atoms with Crippen molar-refractivity contribution in [3.05, 3.63) is 22.6 Å². The van der Waals surface area contributed by atoms with Crippen LogP contribution in [0.2, 0.25) is 0 Å². The van der Waals surface area contributed by atoms with Crippen molar-refractivity contribution < 1.29 is 4.74 Å². The Balaban J connectivity index is 2.16. The van der Waals surface area contributed by atoms with Crippen LogP contribution in [0.4, 0.5) is 11.4 Å². The van der Waals surface area contributed by atoms with E-state index in [1.165, 1.54) is 0 Å². The maximum absolute atomic E-state index is 12.7. The fraction of sp³-hybridized carbons (Fsp3) is 0.588. The van der Waals surface area contributed by atoms with Crippen molar-refractivity contribution in [1.29, 1.82) is 0 Å². The van der Waals surface area contributed by atoms with Gasteiger partial charge in [0.2, 0.25) is 0 Å². The molecule has 0 amide bonds. The second-order valence-corrected chi connectivity index (χ2v) is 6.09. The molecule has 1 saturated heterocycles. The van der Waals surface area contributed by atoms with Crippen molar-refractivity contribution >= 4 is 22.4 Å². The first kappa shape index (κ1) is 15.9. The molecule has 6 nitrogen and oxygen atoms in total. The minimum Gasteiger partial charge on any atom is -0.397 e. The standard InChI is InChI=1S/C17H26N4O2/c1-3-5-20-15-11-13(18)14(19-7-9-23-10-8-19)12-16(15)21(6-4-2)17(20)22/h11-12H,3-10,18H2,1-2H3. The molecule has 1 aliphatic heterocycles. The highest BCUT2D eigenvalue weighted by atomic mass is 16.5. The molecule has 1 aliphatic rings. The Labute approximate surface area is 136 Å². The number of aryl methyl sites for hydroxylation is 2. The lowest BCUT2D eigenvalue weighted by Gasteiger charge is -2.30. The molecule has 1 aromatic carbocycles. The second-order valence-electron chi connectivity index (χ2n) is 6.09. The van der Waals surface area contributed by atoms with Gasteiger partial charge in [0.05, 0.1) is 35.6 Å². The number of hydrogen-bond acceptors (Lipinski definition) is 4. The minimum absolute atomic E-state index is 0.0715. The topological polar surface area (TPSA) is 65.4 Å². The normalized spacial score (nSPS) is 15.5. The molecule has 6 heteroatoms. The van der Waals surface area contributed by atoms with E-state index in [1.54, 1.807) is 0 Å². The Kier molecular flexibility index (Phi) is 4.61. The molecule has 2 heterocycles.